The zero-order valence-corrected chi connectivity index (χ0v) is 9.82. The Morgan fingerprint density at radius 1 is 1.44 bits per heavy atom. The maximum absolute atomic E-state index is 4.59. The van der Waals surface area contributed by atoms with Crippen LogP contribution in [0.1, 0.15) is 25.0 Å². The quantitative estimate of drug-likeness (QED) is 0.840. The fourth-order valence-electron chi connectivity index (χ4n) is 3.14. The number of anilines is 1. The third-order valence-corrected chi connectivity index (χ3v) is 3.95. The van der Waals surface area contributed by atoms with Crippen molar-refractivity contribution in [2.45, 2.75) is 31.8 Å². The van der Waals surface area contributed by atoms with E-state index >= 15 is 0 Å². The van der Waals surface area contributed by atoms with Gasteiger partial charge in [-0.1, -0.05) is 6.07 Å². The molecule has 0 spiro atoms. The van der Waals surface area contributed by atoms with E-state index in [0.29, 0.717) is 0 Å². The summed E-state index contributed by atoms with van der Waals surface area (Å²) in [6, 6.07) is 7.07. The first-order valence-electron chi connectivity index (χ1n) is 6.23. The highest BCUT2D eigenvalue weighted by Gasteiger charge is 2.37. The van der Waals surface area contributed by atoms with Gasteiger partial charge in [-0.15, -0.1) is 0 Å². The number of fused-ring (bicyclic) bond motifs is 2. The molecule has 1 N–H and O–H groups in total. The first kappa shape index (κ1) is 10.1. The molecule has 1 aliphatic carbocycles. The number of nitrogens with one attached hydrogen (secondary N) is 1. The largest absolute Gasteiger partial charge is 0.373 e. The zero-order chi connectivity index (χ0) is 11.0. The molecule has 2 bridgehead atoms. The number of pyridine rings is 1. The minimum atomic E-state index is 0.838. The molecular formula is C13H19N3. The van der Waals surface area contributed by atoms with Gasteiger partial charge in [-0.25, -0.2) is 4.98 Å². The number of likely N-dealkylation sites (tertiary alicyclic amines) is 1. The van der Waals surface area contributed by atoms with Gasteiger partial charge in [-0.05, 0) is 37.3 Å². The molecule has 1 aromatic heterocycles. The molecule has 0 radical (unpaired) electrons. The van der Waals surface area contributed by atoms with E-state index in [9.17, 15) is 0 Å². The van der Waals surface area contributed by atoms with Crippen molar-refractivity contribution in [1.82, 2.24) is 9.88 Å². The van der Waals surface area contributed by atoms with Crippen LogP contribution in [0, 0.1) is 5.92 Å². The fourth-order valence-corrected chi connectivity index (χ4v) is 3.14. The Balaban J connectivity index is 1.69. The molecule has 2 unspecified atom stereocenters. The summed E-state index contributed by atoms with van der Waals surface area (Å²) >= 11 is 0. The van der Waals surface area contributed by atoms with Crippen LogP contribution in [-0.4, -0.2) is 29.5 Å². The summed E-state index contributed by atoms with van der Waals surface area (Å²) in [5.74, 6) is 1.94. The number of hydrogen-bond donors (Lipinski definition) is 1. The second-order valence-corrected chi connectivity index (χ2v) is 5.03. The Morgan fingerprint density at radius 2 is 2.38 bits per heavy atom. The molecule has 2 aliphatic rings. The van der Waals surface area contributed by atoms with Crippen LogP contribution in [0.2, 0.25) is 0 Å². The van der Waals surface area contributed by atoms with Crippen molar-refractivity contribution < 1.29 is 0 Å². The van der Waals surface area contributed by atoms with E-state index in [1.807, 2.05) is 13.1 Å². The summed E-state index contributed by atoms with van der Waals surface area (Å²) < 4.78 is 0. The first-order valence-corrected chi connectivity index (χ1v) is 6.23. The van der Waals surface area contributed by atoms with Crippen LogP contribution in [-0.2, 0) is 6.54 Å². The van der Waals surface area contributed by atoms with E-state index in [0.717, 1.165) is 24.3 Å². The molecule has 2 fully saturated rings. The molecule has 1 saturated carbocycles. The van der Waals surface area contributed by atoms with Crippen LogP contribution in [0.4, 0.5) is 5.82 Å². The maximum Gasteiger partial charge on any atom is 0.126 e. The SMILES string of the molecule is CNc1cccc(CN2CC3CCC2C3)n1. The average molecular weight is 217 g/mol. The number of aromatic nitrogens is 1. The molecule has 0 amide bonds. The summed E-state index contributed by atoms with van der Waals surface area (Å²) in [5, 5.41) is 3.10. The smallest absolute Gasteiger partial charge is 0.126 e. The molecule has 3 rings (SSSR count). The average Bonchev–Trinajstić information content (AvgIpc) is 2.91. The van der Waals surface area contributed by atoms with E-state index in [1.165, 1.54) is 31.5 Å². The van der Waals surface area contributed by atoms with Gasteiger partial charge < -0.3 is 5.32 Å². The van der Waals surface area contributed by atoms with E-state index < -0.39 is 0 Å². The van der Waals surface area contributed by atoms with E-state index in [-0.39, 0.29) is 0 Å². The summed E-state index contributed by atoms with van der Waals surface area (Å²) in [5.41, 5.74) is 1.19. The third-order valence-electron chi connectivity index (χ3n) is 3.95. The summed E-state index contributed by atoms with van der Waals surface area (Å²) in [7, 11) is 1.92. The molecule has 2 atom stereocenters. The van der Waals surface area contributed by atoms with Gasteiger partial charge in [0.1, 0.15) is 5.82 Å². The molecule has 1 aromatic rings. The van der Waals surface area contributed by atoms with Crippen LogP contribution in [0.3, 0.4) is 0 Å². The van der Waals surface area contributed by atoms with Gasteiger partial charge in [0.15, 0.2) is 0 Å². The monoisotopic (exact) mass is 217 g/mol. The molecular weight excluding hydrogens is 198 g/mol. The Labute approximate surface area is 96.9 Å². The molecule has 0 aromatic carbocycles. The number of hydrogen-bond acceptors (Lipinski definition) is 3. The van der Waals surface area contributed by atoms with Crippen LogP contribution >= 0.6 is 0 Å². The van der Waals surface area contributed by atoms with E-state index in [2.05, 4.69) is 27.3 Å². The topological polar surface area (TPSA) is 28.2 Å². The van der Waals surface area contributed by atoms with Gasteiger partial charge in [0.05, 0.1) is 5.69 Å². The molecule has 3 nitrogen and oxygen atoms in total. The Bertz CT molecular complexity index is 377. The maximum atomic E-state index is 4.59. The Hall–Kier alpha value is -1.09. The minimum absolute atomic E-state index is 0.838. The first-order chi connectivity index (χ1) is 7.85. The lowest BCUT2D eigenvalue weighted by Gasteiger charge is -2.26. The Kier molecular flexibility index (Phi) is 2.56. The fraction of sp³-hybridized carbons (Fsp3) is 0.615. The zero-order valence-electron chi connectivity index (χ0n) is 9.82. The highest BCUT2D eigenvalue weighted by Crippen LogP contribution is 2.37. The van der Waals surface area contributed by atoms with Crippen molar-refractivity contribution >= 4 is 5.82 Å². The molecule has 16 heavy (non-hydrogen) atoms. The molecule has 2 heterocycles. The second kappa shape index (κ2) is 4.06. The third kappa shape index (κ3) is 1.80. The molecule has 1 saturated heterocycles. The highest BCUT2D eigenvalue weighted by molar-refractivity contribution is 5.34. The lowest BCUT2D eigenvalue weighted by Crippen LogP contribution is -2.31. The van der Waals surface area contributed by atoms with Crippen molar-refractivity contribution in [2.75, 3.05) is 18.9 Å². The van der Waals surface area contributed by atoms with Gasteiger partial charge in [-0.2, -0.15) is 0 Å². The predicted molar refractivity (Wildman–Crippen MR) is 65.3 cm³/mol. The minimum Gasteiger partial charge on any atom is -0.373 e. The van der Waals surface area contributed by atoms with Gasteiger partial charge in [-0.3, -0.25) is 4.90 Å². The number of rotatable bonds is 3. The van der Waals surface area contributed by atoms with Crippen molar-refractivity contribution in [3.05, 3.63) is 23.9 Å². The van der Waals surface area contributed by atoms with Gasteiger partial charge in [0.2, 0.25) is 0 Å². The van der Waals surface area contributed by atoms with Gasteiger partial charge in [0.25, 0.3) is 0 Å². The second-order valence-electron chi connectivity index (χ2n) is 5.03. The Morgan fingerprint density at radius 3 is 3.06 bits per heavy atom. The highest BCUT2D eigenvalue weighted by atomic mass is 15.2. The molecule has 3 heteroatoms. The van der Waals surface area contributed by atoms with Crippen LogP contribution in [0.15, 0.2) is 18.2 Å². The van der Waals surface area contributed by atoms with Crippen molar-refractivity contribution in [2.24, 2.45) is 5.92 Å². The van der Waals surface area contributed by atoms with E-state index in [1.54, 1.807) is 0 Å². The number of nitrogens with zero attached hydrogens (tertiary/aromatic N) is 2. The van der Waals surface area contributed by atoms with Crippen LogP contribution in [0.25, 0.3) is 0 Å². The summed E-state index contributed by atoms with van der Waals surface area (Å²) in [6.07, 6.45) is 4.27. The van der Waals surface area contributed by atoms with Crippen LogP contribution < -0.4 is 5.32 Å². The standard InChI is InChI=1S/C13H19N3/c1-14-13-4-2-3-11(15-13)9-16-8-10-5-6-12(16)7-10/h2-4,10,12H,5-9H2,1H3,(H,14,15). The lowest BCUT2D eigenvalue weighted by molar-refractivity contribution is 0.203. The van der Waals surface area contributed by atoms with Crippen molar-refractivity contribution in [1.29, 1.82) is 0 Å². The lowest BCUT2D eigenvalue weighted by atomic mass is 10.1. The number of piperidine rings is 1. The van der Waals surface area contributed by atoms with Crippen molar-refractivity contribution in [3.63, 3.8) is 0 Å². The predicted octanol–water partition coefficient (Wildman–Crippen LogP) is 2.11. The van der Waals surface area contributed by atoms with Crippen molar-refractivity contribution in [3.8, 4) is 0 Å². The normalized spacial score (nSPS) is 28.6. The van der Waals surface area contributed by atoms with Crippen LogP contribution in [0.5, 0.6) is 0 Å². The molecule has 1 aliphatic heterocycles. The summed E-state index contributed by atoms with van der Waals surface area (Å²) in [6.45, 7) is 2.31. The summed E-state index contributed by atoms with van der Waals surface area (Å²) in [4.78, 5) is 7.19. The van der Waals surface area contributed by atoms with E-state index in [4.69, 9.17) is 0 Å². The van der Waals surface area contributed by atoms with Gasteiger partial charge >= 0.3 is 0 Å². The van der Waals surface area contributed by atoms with Gasteiger partial charge in [0, 0.05) is 26.2 Å². The molecule has 86 valence electrons.